The Morgan fingerprint density at radius 2 is 1.73 bits per heavy atom. The van der Waals surface area contributed by atoms with Gasteiger partial charge in [0.25, 0.3) is 0 Å². The van der Waals surface area contributed by atoms with Crippen LogP contribution < -0.4 is 10.5 Å². The molecule has 1 atom stereocenters. The molecule has 1 rings (SSSR count). The van der Waals surface area contributed by atoms with Crippen LogP contribution in [0.1, 0.15) is 45.7 Å². The Labute approximate surface area is 92.4 Å². The molecule has 2 heteroatoms. The second kappa shape index (κ2) is 4.67. The van der Waals surface area contributed by atoms with Crippen molar-refractivity contribution in [3.8, 4) is 5.75 Å². The second-order valence-corrected chi connectivity index (χ2v) is 4.80. The average Bonchev–Trinajstić information content (AvgIpc) is 2.15. The molecule has 0 radical (unpaired) electrons. The Morgan fingerprint density at radius 1 is 1.20 bits per heavy atom. The van der Waals surface area contributed by atoms with Crippen LogP contribution in [0, 0.1) is 0 Å². The van der Waals surface area contributed by atoms with Crippen molar-refractivity contribution in [3.63, 3.8) is 0 Å². The van der Waals surface area contributed by atoms with Gasteiger partial charge in [0.1, 0.15) is 11.4 Å². The molecule has 1 aromatic carbocycles. The standard InChI is InChI=1S/C13H21NO/c1-5-12(14)10-6-8-11(9-7-10)15-13(2,3)4/h6-9,12H,5,14H2,1-4H3/t12-/m1/s1. The lowest BCUT2D eigenvalue weighted by Gasteiger charge is -2.21. The molecule has 2 N–H and O–H groups in total. The van der Waals surface area contributed by atoms with Crippen molar-refractivity contribution in [2.24, 2.45) is 5.73 Å². The molecule has 84 valence electrons. The molecular weight excluding hydrogens is 186 g/mol. The smallest absolute Gasteiger partial charge is 0.120 e. The fourth-order valence-electron chi connectivity index (χ4n) is 1.37. The lowest BCUT2D eigenvalue weighted by Crippen LogP contribution is -2.22. The fourth-order valence-corrected chi connectivity index (χ4v) is 1.37. The minimum Gasteiger partial charge on any atom is -0.488 e. The fraction of sp³-hybridized carbons (Fsp3) is 0.538. The van der Waals surface area contributed by atoms with E-state index in [2.05, 4.69) is 6.92 Å². The summed E-state index contributed by atoms with van der Waals surface area (Å²) in [4.78, 5) is 0. The van der Waals surface area contributed by atoms with Gasteiger partial charge in [-0.1, -0.05) is 19.1 Å². The molecule has 0 fully saturated rings. The SMILES string of the molecule is CC[C@@H](N)c1ccc(OC(C)(C)C)cc1. The van der Waals surface area contributed by atoms with Gasteiger partial charge in [-0.25, -0.2) is 0 Å². The molecule has 0 amide bonds. The van der Waals surface area contributed by atoms with Crippen molar-refractivity contribution in [2.75, 3.05) is 0 Å². The Balaban J connectivity index is 2.72. The van der Waals surface area contributed by atoms with E-state index in [1.54, 1.807) is 0 Å². The Bertz CT molecular complexity index is 297. The van der Waals surface area contributed by atoms with Gasteiger partial charge in [0.2, 0.25) is 0 Å². The number of nitrogens with two attached hydrogens (primary N) is 1. The average molecular weight is 207 g/mol. The van der Waals surface area contributed by atoms with Crippen molar-refractivity contribution < 1.29 is 4.74 Å². The van der Waals surface area contributed by atoms with Crippen LogP contribution in [-0.2, 0) is 0 Å². The summed E-state index contributed by atoms with van der Waals surface area (Å²) in [5.41, 5.74) is 6.95. The molecule has 0 aliphatic rings. The van der Waals surface area contributed by atoms with E-state index in [9.17, 15) is 0 Å². The molecule has 0 spiro atoms. The van der Waals surface area contributed by atoms with E-state index in [0.717, 1.165) is 12.2 Å². The Hall–Kier alpha value is -1.02. The van der Waals surface area contributed by atoms with E-state index < -0.39 is 0 Å². The van der Waals surface area contributed by atoms with Crippen molar-refractivity contribution in [2.45, 2.75) is 45.8 Å². The van der Waals surface area contributed by atoms with Gasteiger partial charge < -0.3 is 10.5 Å². The zero-order valence-electron chi connectivity index (χ0n) is 10.1. The first-order chi connectivity index (χ1) is 6.92. The molecule has 2 nitrogen and oxygen atoms in total. The zero-order chi connectivity index (χ0) is 11.5. The van der Waals surface area contributed by atoms with Crippen molar-refractivity contribution in [3.05, 3.63) is 29.8 Å². The number of ether oxygens (including phenoxy) is 1. The maximum Gasteiger partial charge on any atom is 0.120 e. The quantitative estimate of drug-likeness (QED) is 0.825. The maximum absolute atomic E-state index is 5.93. The Morgan fingerprint density at radius 3 is 2.13 bits per heavy atom. The predicted octanol–water partition coefficient (Wildman–Crippen LogP) is 3.27. The third kappa shape index (κ3) is 3.92. The third-order valence-corrected chi connectivity index (χ3v) is 2.17. The first-order valence-corrected chi connectivity index (χ1v) is 5.47. The molecule has 1 aromatic rings. The van der Waals surface area contributed by atoms with Crippen LogP contribution >= 0.6 is 0 Å². The summed E-state index contributed by atoms with van der Waals surface area (Å²) in [5, 5.41) is 0. The number of hydrogen-bond acceptors (Lipinski definition) is 2. The minimum absolute atomic E-state index is 0.133. The first-order valence-electron chi connectivity index (χ1n) is 5.47. The highest BCUT2D eigenvalue weighted by molar-refractivity contribution is 5.29. The van der Waals surface area contributed by atoms with Crippen LogP contribution in [-0.4, -0.2) is 5.60 Å². The first kappa shape index (κ1) is 12.1. The van der Waals surface area contributed by atoms with Gasteiger partial charge in [-0.05, 0) is 44.9 Å². The van der Waals surface area contributed by atoms with Crippen LogP contribution in [0.5, 0.6) is 5.75 Å². The highest BCUT2D eigenvalue weighted by Gasteiger charge is 2.11. The zero-order valence-corrected chi connectivity index (χ0v) is 10.1. The van der Waals surface area contributed by atoms with E-state index in [1.807, 2.05) is 45.0 Å². The third-order valence-electron chi connectivity index (χ3n) is 2.17. The van der Waals surface area contributed by atoms with E-state index in [0.29, 0.717) is 0 Å². The summed E-state index contributed by atoms with van der Waals surface area (Å²) in [5.74, 6) is 0.898. The molecule has 0 aromatic heterocycles. The van der Waals surface area contributed by atoms with E-state index in [1.165, 1.54) is 5.56 Å². The van der Waals surface area contributed by atoms with Crippen molar-refractivity contribution in [1.82, 2.24) is 0 Å². The number of benzene rings is 1. The molecule has 15 heavy (non-hydrogen) atoms. The molecule has 0 bridgehead atoms. The molecule has 0 unspecified atom stereocenters. The predicted molar refractivity (Wildman–Crippen MR) is 64.0 cm³/mol. The molecule has 0 saturated carbocycles. The summed E-state index contributed by atoms with van der Waals surface area (Å²) >= 11 is 0. The monoisotopic (exact) mass is 207 g/mol. The van der Waals surface area contributed by atoms with Gasteiger partial charge in [0, 0.05) is 6.04 Å². The summed E-state index contributed by atoms with van der Waals surface area (Å²) < 4.78 is 5.73. The minimum atomic E-state index is -0.144. The van der Waals surface area contributed by atoms with E-state index >= 15 is 0 Å². The summed E-state index contributed by atoms with van der Waals surface area (Å²) in [6.07, 6.45) is 0.958. The number of hydrogen-bond donors (Lipinski definition) is 1. The van der Waals surface area contributed by atoms with Crippen LogP contribution in [0.4, 0.5) is 0 Å². The summed E-state index contributed by atoms with van der Waals surface area (Å²) in [7, 11) is 0. The molecule has 0 aliphatic heterocycles. The topological polar surface area (TPSA) is 35.2 Å². The molecule has 0 aliphatic carbocycles. The number of rotatable bonds is 3. The van der Waals surface area contributed by atoms with Crippen LogP contribution in [0.25, 0.3) is 0 Å². The van der Waals surface area contributed by atoms with Gasteiger partial charge in [-0.15, -0.1) is 0 Å². The lowest BCUT2D eigenvalue weighted by molar-refractivity contribution is 0.131. The van der Waals surface area contributed by atoms with Gasteiger partial charge >= 0.3 is 0 Å². The lowest BCUT2D eigenvalue weighted by atomic mass is 10.1. The van der Waals surface area contributed by atoms with Crippen molar-refractivity contribution in [1.29, 1.82) is 0 Å². The van der Waals surface area contributed by atoms with Crippen molar-refractivity contribution >= 4 is 0 Å². The second-order valence-electron chi connectivity index (χ2n) is 4.80. The summed E-state index contributed by atoms with van der Waals surface area (Å²) in [6, 6.07) is 8.17. The molecular formula is C13H21NO. The van der Waals surface area contributed by atoms with Gasteiger partial charge in [0.15, 0.2) is 0 Å². The highest BCUT2D eigenvalue weighted by atomic mass is 16.5. The van der Waals surface area contributed by atoms with E-state index in [-0.39, 0.29) is 11.6 Å². The maximum atomic E-state index is 5.93. The summed E-state index contributed by atoms with van der Waals surface area (Å²) in [6.45, 7) is 8.21. The molecule has 0 saturated heterocycles. The van der Waals surface area contributed by atoms with E-state index in [4.69, 9.17) is 10.5 Å². The Kier molecular flexibility index (Phi) is 3.75. The van der Waals surface area contributed by atoms with Gasteiger partial charge in [-0.3, -0.25) is 0 Å². The molecule has 0 heterocycles. The van der Waals surface area contributed by atoms with Gasteiger partial charge in [-0.2, -0.15) is 0 Å². The van der Waals surface area contributed by atoms with Crippen LogP contribution in [0.2, 0.25) is 0 Å². The normalized spacial score (nSPS) is 13.7. The van der Waals surface area contributed by atoms with Gasteiger partial charge in [0.05, 0.1) is 0 Å². The highest BCUT2D eigenvalue weighted by Crippen LogP contribution is 2.21. The van der Waals surface area contributed by atoms with Crippen LogP contribution in [0.15, 0.2) is 24.3 Å². The van der Waals surface area contributed by atoms with Crippen LogP contribution in [0.3, 0.4) is 0 Å². The largest absolute Gasteiger partial charge is 0.488 e.